The lowest BCUT2D eigenvalue weighted by Crippen LogP contribution is -2.26. The van der Waals surface area contributed by atoms with Gasteiger partial charge in [0.2, 0.25) is 0 Å². The Morgan fingerprint density at radius 3 is 1.68 bits per heavy atom. The van der Waals surface area contributed by atoms with Crippen LogP contribution in [0.2, 0.25) is 0 Å². The molecular weight excluding hydrogens is 682 g/mol. The molecule has 0 unspecified atom stereocenters. The van der Waals surface area contributed by atoms with Crippen LogP contribution in [-0.4, -0.2) is 0 Å². The molecule has 0 bridgehead atoms. The molecule has 0 saturated carbocycles. The van der Waals surface area contributed by atoms with Crippen molar-refractivity contribution in [3.63, 3.8) is 0 Å². The van der Waals surface area contributed by atoms with E-state index >= 15 is 0 Å². The van der Waals surface area contributed by atoms with Crippen LogP contribution < -0.4 is 4.90 Å². The van der Waals surface area contributed by atoms with Gasteiger partial charge in [0.25, 0.3) is 0 Å². The summed E-state index contributed by atoms with van der Waals surface area (Å²) in [5, 5.41) is 5.18. The second-order valence-corrected chi connectivity index (χ2v) is 15.0. The molecule has 0 atom stereocenters. The van der Waals surface area contributed by atoms with Gasteiger partial charge in [0.05, 0.1) is 5.41 Å². The largest absolute Gasteiger partial charge is 0.310 e. The smallest absolute Gasteiger partial charge is 0.123 e. The number of hydrogen-bond donors (Lipinski definition) is 0. The molecule has 1 nitrogen and oxygen atoms in total. The molecule has 11 rings (SSSR count). The van der Waals surface area contributed by atoms with E-state index in [1.165, 1.54) is 71.6 Å². The molecule has 9 aromatic carbocycles. The molecule has 0 N–H and O–H groups in total. The lowest BCUT2D eigenvalue weighted by Gasteiger charge is -2.33. The van der Waals surface area contributed by atoms with Gasteiger partial charge in [-0.05, 0) is 144 Å². The van der Waals surface area contributed by atoms with Crippen LogP contribution in [0, 0.1) is 5.82 Å². The third-order valence-electron chi connectivity index (χ3n) is 12.0. The molecule has 0 radical (unpaired) electrons. The maximum atomic E-state index is 14.5. The average molecular weight is 718 g/mol. The molecule has 2 aliphatic carbocycles. The minimum Gasteiger partial charge on any atom is -0.310 e. The molecular formula is C54H36FN. The number of benzene rings is 9. The van der Waals surface area contributed by atoms with Gasteiger partial charge in [-0.3, -0.25) is 0 Å². The molecule has 2 heteroatoms. The van der Waals surface area contributed by atoms with E-state index in [1.54, 1.807) is 12.1 Å². The van der Waals surface area contributed by atoms with E-state index in [0.29, 0.717) is 0 Å². The zero-order valence-corrected chi connectivity index (χ0v) is 30.9. The number of fused-ring (bicyclic) bond motifs is 7. The van der Waals surface area contributed by atoms with E-state index in [4.69, 9.17) is 0 Å². The summed E-state index contributed by atoms with van der Waals surface area (Å²) in [6, 6.07) is 67.1. The van der Waals surface area contributed by atoms with Crippen molar-refractivity contribution in [3.8, 4) is 33.4 Å². The lowest BCUT2D eigenvalue weighted by atomic mass is 9.69. The zero-order valence-electron chi connectivity index (χ0n) is 30.9. The second kappa shape index (κ2) is 12.5. The fourth-order valence-electron chi connectivity index (χ4n) is 9.61. The summed E-state index contributed by atoms with van der Waals surface area (Å²) in [5.74, 6) is -0.258. The first-order valence-corrected chi connectivity index (χ1v) is 19.3. The van der Waals surface area contributed by atoms with E-state index in [-0.39, 0.29) is 5.82 Å². The van der Waals surface area contributed by atoms with Crippen LogP contribution in [-0.2, 0) is 5.41 Å². The van der Waals surface area contributed by atoms with Gasteiger partial charge >= 0.3 is 0 Å². The summed E-state index contributed by atoms with van der Waals surface area (Å²) >= 11 is 0. The van der Waals surface area contributed by atoms with Crippen LogP contribution in [0.15, 0.2) is 194 Å². The van der Waals surface area contributed by atoms with Crippen LogP contribution in [0.4, 0.5) is 21.5 Å². The van der Waals surface area contributed by atoms with Crippen molar-refractivity contribution in [1.82, 2.24) is 0 Å². The monoisotopic (exact) mass is 717 g/mol. The maximum absolute atomic E-state index is 14.5. The number of hydrogen-bond acceptors (Lipinski definition) is 1. The van der Waals surface area contributed by atoms with E-state index in [9.17, 15) is 4.39 Å². The number of halogens is 1. The minimum atomic E-state index is -0.542. The molecule has 56 heavy (non-hydrogen) atoms. The van der Waals surface area contributed by atoms with Crippen LogP contribution in [0.1, 0.15) is 34.7 Å². The van der Waals surface area contributed by atoms with Crippen LogP contribution in [0.3, 0.4) is 0 Å². The van der Waals surface area contributed by atoms with Crippen molar-refractivity contribution >= 4 is 44.7 Å². The SMILES string of the molecule is C/C=C/c1ccc(-c2cccc(N(c3ccc(F)cc3)c3ccc4c(c3)C3(c5cc(-c6ccccc6)ccc5-4)c4cccc5ccc6cccc3c6c45)c2)cc1. The van der Waals surface area contributed by atoms with Crippen LogP contribution in [0.25, 0.3) is 61.0 Å². The van der Waals surface area contributed by atoms with Crippen LogP contribution >= 0.6 is 0 Å². The quantitative estimate of drug-likeness (QED) is 0.155. The van der Waals surface area contributed by atoms with Crippen molar-refractivity contribution in [2.24, 2.45) is 0 Å². The number of nitrogens with zero attached hydrogens (tertiary/aromatic N) is 1. The fourth-order valence-corrected chi connectivity index (χ4v) is 9.61. The first-order valence-electron chi connectivity index (χ1n) is 19.3. The highest BCUT2D eigenvalue weighted by Gasteiger charge is 2.51. The Hall–Kier alpha value is -7.03. The minimum absolute atomic E-state index is 0.258. The van der Waals surface area contributed by atoms with Crippen molar-refractivity contribution in [2.45, 2.75) is 12.3 Å². The second-order valence-electron chi connectivity index (χ2n) is 15.0. The molecule has 0 amide bonds. The van der Waals surface area contributed by atoms with E-state index in [1.807, 2.05) is 19.1 Å². The Bertz CT molecular complexity index is 2970. The summed E-state index contributed by atoms with van der Waals surface area (Å²) in [4.78, 5) is 2.27. The van der Waals surface area contributed by atoms with Gasteiger partial charge in [-0.15, -0.1) is 0 Å². The summed E-state index contributed by atoms with van der Waals surface area (Å²) in [7, 11) is 0. The maximum Gasteiger partial charge on any atom is 0.123 e. The Balaban J connectivity index is 1.17. The third-order valence-corrected chi connectivity index (χ3v) is 12.0. The normalized spacial score (nSPS) is 13.2. The molecule has 1 spiro atoms. The van der Waals surface area contributed by atoms with Crippen molar-refractivity contribution in [2.75, 3.05) is 4.90 Å². The molecule has 264 valence electrons. The first-order chi connectivity index (χ1) is 27.6. The zero-order chi connectivity index (χ0) is 37.4. The van der Waals surface area contributed by atoms with Gasteiger partial charge in [0, 0.05) is 17.1 Å². The highest BCUT2D eigenvalue weighted by molar-refractivity contribution is 6.17. The summed E-state index contributed by atoms with van der Waals surface area (Å²) in [6.07, 6.45) is 4.17. The Morgan fingerprint density at radius 2 is 0.982 bits per heavy atom. The number of rotatable bonds is 6. The molecule has 0 saturated heterocycles. The topological polar surface area (TPSA) is 3.24 Å². The summed E-state index contributed by atoms with van der Waals surface area (Å²) < 4.78 is 14.5. The van der Waals surface area contributed by atoms with Gasteiger partial charge in [-0.2, -0.15) is 0 Å². The Kier molecular flexibility index (Phi) is 7.24. The van der Waals surface area contributed by atoms with Crippen LogP contribution in [0.5, 0.6) is 0 Å². The first kappa shape index (κ1) is 32.4. The van der Waals surface area contributed by atoms with Gasteiger partial charge in [-0.25, -0.2) is 4.39 Å². The van der Waals surface area contributed by atoms with Crippen molar-refractivity contribution < 1.29 is 4.39 Å². The van der Waals surface area contributed by atoms with Gasteiger partial charge in [-0.1, -0.05) is 146 Å². The van der Waals surface area contributed by atoms with Gasteiger partial charge in [0.1, 0.15) is 5.82 Å². The average Bonchev–Trinajstić information content (AvgIpc) is 3.72. The highest BCUT2D eigenvalue weighted by atomic mass is 19.1. The van der Waals surface area contributed by atoms with Crippen molar-refractivity contribution in [3.05, 3.63) is 228 Å². The fraction of sp³-hybridized carbons (Fsp3) is 0.0370. The number of allylic oxidation sites excluding steroid dienone is 1. The van der Waals surface area contributed by atoms with Crippen molar-refractivity contribution in [1.29, 1.82) is 0 Å². The highest BCUT2D eigenvalue weighted by Crippen LogP contribution is 2.63. The molecule has 0 aliphatic heterocycles. The lowest BCUT2D eigenvalue weighted by molar-refractivity contribution is 0.628. The molecule has 2 aliphatic rings. The van der Waals surface area contributed by atoms with E-state index in [0.717, 1.165) is 28.2 Å². The summed E-state index contributed by atoms with van der Waals surface area (Å²) in [5.41, 5.74) is 15.9. The van der Waals surface area contributed by atoms with E-state index < -0.39 is 5.41 Å². The van der Waals surface area contributed by atoms with Gasteiger partial charge in [0.15, 0.2) is 0 Å². The molecule has 9 aromatic rings. The molecule has 0 aromatic heterocycles. The Morgan fingerprint density at radius 1 is 0.429 bits per heavy atom. The predicted molar refractivity (Wildman–Crippen MR) is 233 cm³/mol. The third kappa shape index (κ3) is 4.72. The molecule has 0 fully saturated rings. The Labute approximate surface area is 326 Å². The summed E-state index contributed by atoms with van der Waals surface area (Å²) in [6.45, 7) is 2.04. The predicted octanol–water partition coefficient (Wildman–Crippen LogP) is 14.6. The molecule has 0 heterocycles. The standard InChI is InChI=1S/C54H36FN/c1-2-9-35-18-20-37(21-19-35)40-14-6-15-44(32-40)56(43-27-25-42(55)26-28-43)45-29-31-47-46-30-24-41(36-10-4-3-5-11-36)33-50(46)54(51(47)34-45)48-16-7-12-38-22-23-39-13-8-17-49(54)53(39)52(38)48/h2-34H,1H3/b9-2+. The number of anilines is 3. The van der Waals surface area contributed by atoms with E-state index in [2.05, 4.69) is 181 Å². The van der Waals surface area contributed by atoms with Gasteiger partial charge < -0.3 is 4.90 Å².